The smallest absolute Gasteiger partial charge is 0.207 e. The summed E-state index contributed by atoms with van der Waals surface area (Å²) >= 11 is 0. The maximum atomic E-state index is 13.2. The van der Waals surface area contributed by atoms with Gasteiger partial charge in [0.2, 0.25) is 29.1 Å². The molecular weight excluding hydrogens is 259 g/mol. The zero-order valence-corrected chi connectivity index (χ0v) is 9.49. The first kappa shape index (κ1) is 14.4. The summed E-state index contributed by atoms with van der Waals surface area (Å²) in [5, 5.41) is 0. The maximum Gasteiger partial charge on any atom is 0.207 e. The van der Waals surface area contributed by atoms with E-state index >= 15 is 0 Å². The Morgan fingerprint density at radius 1 is 1.00 bits per heavy atom. The average molecular weight is 268 g/mol. The van der Waals surface area contributed by atoms with Gasteiger partial charge >= 0.3 is 0 Å². The highest BCUT2D eigenvalue weighted by atomic mass is 19.2. The third-order valence-electron chi connectivity index (χ3n) is 2.06. The van der Waals surface area contributed by atoms with Gasteiger partial charge < -0.3 is 4.74 Å². The molecule has 0 N–H and O–H groups in total. The van der Waals surface area contributed by atoms with Crippen LogP contribution in [-0.2, 0) is 4.79 Å². The molecule has 1 aromatic carbocycles. The van der Waals surface area contributed by atoms with Gasteiger partial charge in [-0.2, -0.15) is 8.78 Å². The Morgan fingerprint density at radius 2 is 1.39 bits per heavy atom. The van der Waals surface area contributed by atoms with E-state index < -0.39 is 40.9 Å². The summed E-state index contributed by atoms with van der Waals surface area (Å²) in [5.41, 5.74) is 0. The van der Waals surface area contributed by atoms with Crippen molar-refractivity contribution in [2.45, 2.75) is 26.4 Å². The van der Waals surface area contributed by atoms with Gasteiger partial charge in [0.05, 0.1) is 0 Å². The third kappa shape index (κ3) is 2.77. The van der Waals surface area contributed by atoms with Gasteiger partial charge in [-0.15, -0.1) is 0 Å². The number of halogens is 5. The molecule has 18 heavy (non-hydrogen) atoms. The van der Waals surface area contributed by atoms with Crippen LogP contribution < -0.4 is 4.74 Å². The van der Waals surface area contributed by atoms with E-state index in [-0.39, 0.29) is 12.2 Å². The van der Waals surface area contributed by atoms with Crippen LogP contribution >= 0.6 is 0 Å². The minimum atomic E-state index is -2.25. The van der Waals surface area contributed by atoms with Gasteiger partial charge in [-0.25, -0.2) is 13.2 Å². The summed E-state index contributed by atoms with van der Waals surface area (Å²) in [6, 6.07) is 0. The number of hydrogen-bond donors (Lipinski definition) is 0. The van der Waals surface area contributed by atoms with E-state index in [9.17, 15) is 26.7 Å². The number of Topliss-reactive ketones (excluding diaryl/α,β-unsaturated/α-hetero) is 1. The maximum absolute atomic E-state index is 13.2. The fraction of sp³-hybridized carbons (Fsp3) is 0.364. The van der Waals surface area contributed by atoms with E-state index in [1.807, 2.05) is 0 Å². The predicted molar refractivity (Wildman–Crippen MR) is 51.6 cm³/mol. The van der Waals surface area contributed by atoms with Gasteiger partial charge in [0.25, 0.3) is 0 Å². The minimum absolute atomic E-state index is 0.209. The summed E-state index contributed by atoms with van der Waals surface area (Å²) in [4.78, 5) is 10.7. The fourth-order valence-corrected chi connectivity index (χ4v) is 1.34. The summed E-state index contributed by atoms with van der Waals surface area (Å²) in [5.74, 6) is -12.2. The number of hydrogen-bond acceptors (Lipinski definition) is 2. The number of ketones is 1. The molecule has 0 aromatic heterocycles. The number of ether oxygens (including phenoxy) is 1. The van der Waals surface area contributed by atoms with Gasteiger partial charge in [-0.3, -0.25) is 4.79 Å². The Kier molecular flexibility index (Phi) is 4.26. The molecule has 2 nitrogen and oxygen atoms in total. The van der Waals surface area contributed by atoms with Crippen LogP contribution in [0.4, 0.5) is 22.0 Å². The molecule has 0 saturated heterocycles. The minimum Gasteiger partial charge on any atom is -0.484 e. The van der Waals surface area contributed by atoms with E-state index in [1.165, 1.54) is 13.8 Å². The number of carbonyl (C=O) groups excluding carboxylic acids is 1. The summed E-state index contributed by atoms with van der Waals surface area (Å²) < 4.78 is 69.2. The number of carbonyl (C=O) groups is 1. The van der Waals surface area contributed by atoms with Crippen molar-refractivity contribution < 1.29 is 31.5 Å². The fourth-order valence-electron chi connectivity index (χ4n) is 1.34. The Labute approximate surface area is 99.4 Å². The van der Waals surface area contributed by atoms with Gasteiger partial charge in [0.15, 0.2) is 5.75 Å². The second-order valence-corrected chi connectivity index (χ2v) is 3.73. The second kappa shape index (κ2) is 5.32. The molecule has 1 atom stereocenters. The molecule has 0 aliphatic heterocycles. The normalized spacial score (nSPS) is 12.4. The molecule has 100 valence electrons. The van der Waals surface area contributed by atoms with Crippen LogP contribution in [-0.4, -0.2) is 11.9 Å². The highest BCUT2D eigenvalue weighted by Gasteiger charge is 2.28. The Balaban J connectivity index is 3.13. The van der Waals surface area contributed by atoms with E-state index in [2.05, 4.69) is 4.74 Å². The van der Waals surface area contributed by atoms with Crippen LogP contribution in [0.5, 0.6) is 5.75 Å². The Bertz CT molecular complexity index is 458. The van der Waals surface area contributed by atoms with Crippen molar-refractivity contribution in [1.82, 2.24) is 0 Å². The molecule has 7 heteroatoms. The van der Waals surface area contributed by atoms with Crippen LogP contribution in [0.2, 0.25) is 0 Å². The lowest BCUT2D eigenvalue weighted by molar-refractivity contribution is -0.118. The quantitative estimate of drug-likeness (QED) is 0.476. The molecule has 1 rings (SSSR count). The molecule has 0 amide bonds. The standard InChI is InChI=1S/C11H9F5O2/c1-4(17)3-5(2)18-11-9(15)7(13)6(12)8(14)10(11)16/h5H,3H2,1-2H3. The molecule has 0 aliphatic rings. The van der Waals surface area contributed by atoms with Gasteiger partial charge in [0, 0.05) is 6.42 Å². The molecule has 1 aromatic rings. The van der Waals surface area contributed by atoms with Crippen molar-refractivity contribution >= 4 is 5.78 Å². The van der Waals surface area contributed by atoms with Gasteiger partial charge in [0.1, 0.15) is 11.9 Å². The Hall–Kier alpha value is -1.66. The SMILES string of the molecule is CC(=O)CC(C)Oc1c(F)c(F)c(F)c(F)c1F. The first-order valence-corrected chi connectivity index (χ1v) is 4.93. The molecule has 0 fully saturated rings. The van der Waals surface area contributed by atoms with Crippen LogP contribution in [0.3, 0.4) is 0 Å². The second-order valence-electron chi connectivity index (χ2n) is 3.73. The van der Waals surface area contributed by atoms with Gasteiger partial charge in [-0.05, 0) is 13.8 Å². The predicted octanol–water partition coefficient (Wildman–Crippen LogP) is 3.13. The van der Waals surface area contributed by atoms with E-state index in [4.69, 9.17) is 0 Å². The lowest BCUT2D eigenvalue weighted by Crippen LogP contribution is -2.18. The molecule has 1 unspecified atom stereocenters. The van der Waals surface area contributed by atoms with Crippen molar-refractivity contribution in [3.8, 4) is 5.75 Å². The molecular formula is C11H9F5O2. The third-order valence-corrected chi connectivity index (χ3v) is 2.06. The van der Waals surface area contributed by atoms with Crippen LogP contribution in [0.25, 0.3) is 0 Å². The first-order chi connectivity index (χ1) is 8.25. The van der Waals surface area contributed by atoms with Crippen LogP contribution in [0.15, 0.2) is 0 Å². The highest BCUT2D eigenvalue weighted by molar-refractivity contribution is 5.75. The van der Waals surface area contributed by atoms with Crippen molar-refractivity contribution in [2.75, 3.05) is 0 Å². The zero-order chi connectivity index (χ0) is 14.0. The highest BCUT2D eigenvalue weighted by Crippen LogP contribution is 2.30. The molecule has 0 bridgehead atoms. The summed E-state index contributed by atoms with van der Waals surface area (Å²) in [6.07, 6.45) is -1.21. The first-order valence-electron chi connectivity index (χ1n) is 4.93. The van der Waals surface area contributed by atoms with Crippen LogP contribution in [0.1, 0.15) is 20.3 Å². The van der Waals surface area contributed by atoms with Crippen molar-refractivity contribution in [2.24, 2.45) is 0 Å². The number of benzene rings is 1. The lowest BCUT2D eigenvalue weighted by atomic mass is 10.2. The van der Waals surface area contributed by atoms with Crippen molar-refractivity contribution in [3.63, 3.8) is 0 Å². The van der Waals surface area contributed by atoms with E-state index in [1.54, 1.807) is 0 Å². The average Bonchev–Trinajstić information content (AvgIpc) is 2.29. The number of rotatable bonds is 4. The lowest BCUT2D eigenvalue weighted by Gasteiger charge is -2.15. The molecule has 0 spiro atoms. The summed E-state index contributed by atoms with van der Waals surface area (Å²) in [7, 11) is 0. The van der Waals surface area contributed by atoms with Crippen molar-refractivity contribution in [1.29, 1.82) is 0 Å². The largest absolute Gasteiger partial charge is 0.484 e. The molecule has 0 heterocycles. The molecule has 0 aliphatic carbocycles. The molecule has 0 saturated carbocycles. The summed E-state index contributed by atoms with van der Waals surface area (Å²) in [6.45, 7) is 2.48. The van der Waals surface area contributed by atoms with E-state index in [0.717, 1.165) is 0 Å². The van der Waals surface area contributed by atoms with Gasteiger partial charge in [-0.1, -0.05) is 0 Å². The van der Waals surface area contributed by atoms with Crippen LogP contribution in [0, 0.1) is 29.1 Å². The topological polar surface area (TPSA) is 26.3 Å². The van der Waals surface area contributed by atoms with Crippen molar-refractivity contribution in [3.05, 3.63) is 29.1 Å². The Morgan fingerprint density at radius 3 is 1.78 bits per heavy atom. The van der Waals surface area contributed by atoms with E-state index in [0.29, 0.717) is 0 Å². The zero-order valence-electron chi connectivity index (χ0n) is 9.49. The molecule has 0 radical (unpaired) electrons. The monoisotopic (exact) mass is 268 g/mol.